The van der Waals surface area contributed by atoms with Gasteiger partial charge in [-0.05, 0) is 62.1 Å². The van der Waals surface area contributed by atoms with Crippen LogP contribution in [0.15, 0.2) is 36.4 Å². The molecule has 0 radical (unpaired) electrons. The molecular formula is C19H22O2. The van der Waals surface area contributed by atoms with Crippen LogP contribution in [0, 0.1) is 20.8 Å². The van der Waals surface area contributed by atoms with Crippen LogP contribution in [0.25, 0.3) is 0 Å². The average Bonchev–Trinajstić information content (AvgIpc) is 2.38. The molecule has 0 saturated heterocycles. The number of ketones is 1. The fourth-order valence-electron chi connectivity index (χ4n) is 2.58. The fourth-order valence-corrected chi connectivity index (χ4v) is 2.58. The van der Waals surface area contributed by atoms with Crippen molar-refractivity contribution >= 4 is 5.78 Å². The van der Waals surface area contributed by atoms with E-state index in [4.69, 9.17) is 4.74 Å². The van der Waals surface area contributed by atoms with Gasteiger partial charge in [0.2, 0.25) is 0 Å². The first-order chi connectivity index (χ1) is 9.95. The van der Waals surface area contributed by atoms with Crippen molar-refractivity contribution in [2.45, 2.75) is 40.7 Å². The molecule has 21 heavy (non-hydrogen) atoms. The van der Waals surface area contributed by atoms with Crippen molar-refractivity contribution in [2.75, 3.05) is 0 Å². The van der Waals surface area contributed by atoms with Crippen molar-refractivity contribution in [2.24, 2.45) is 0 Å². The zero-order valence-electron chi connectivity index (χ0n) is 13.2. The number of benzene rings is 2. The van der Waals surface area contributed by atoms with Gasteiger partial charge >= 0.3 is 0 Å². The van der Waals surface area contributed by atoms with Crippen LogP contribution in [0.2, 0.25) is 0 Å². The maximum absolute atomic E-state index is 11.1. The summed E-state index contributed by atoms with van der Waals surface area (Å²) in [5, 5.41) is 0. The van der Waals surface area contributed by atoms with E-state index in [1.165, 1.54) is 22.3 Å². The molecule has 0 unspecified atom stereocenters. The van der Waals surface area contributed by atoms with E-state index in [2.05, 4.69) is 32.9 Å². The Morgan fingerprint density at radius 3 is 2.10 bits per heavy atom. The molecule has 0 aromatic heterocycles. The number of Topliss-reactive ketones (excluding diaryl/α,β-unsaturated/α-hetero) is 1. The molecule has 0 saturated carbocycles. The predicted octanol–water partition coefficient (Wildman–Crippen LogP) is 4.32. The highest BCUT2D eigenvalue weighted by Crippen LogP contribution is 2.20. The molecule has 2 nitrogen and oxygen atoms in total. The van der Waals surface area contributed by atoms with Crippen LogP contribution in [-0.2, 0) is 17.8 Å². The molecule has 2 heteroatoms. The van der Waals surface area contributed by atoms with E-state index in [1.54, 1.807) is 6.92 Å². The molecule has 0 aliphatic rings. The minimum Gasteiger partial charge on any atom is -0.489 e. The van der Waals surface area contributed by atoms with Gasteiger partial charge < -0.3 is 4.74 Å². The highest BCUT2D eigenvalue weighted by Gasteiger charge is 2.05. The summed E-state index contributed by atoms with van der Waals surface area (Å²) in [4.78, 5) is 11.1. The Morgan fingerprint density at radius 2 is 1.57 bits per heavy atom. The number of aryl methyl sites for hydroxylation is 3. The Balaban J connectivity index is 2.05. The molecule has 0 fully saturated rings. The van der Waals surface area contributed by atoms with Crippen LogP contribution in [0.3, 0.4) is 0 Å². The van der Waals surface area contributed by atoms with Gasteiger partial charge in [-0.3, -0.25) is 4.79 Å². The van der Waals surface area contributed by atoms with Crippen LogP contribution in [0.4, 0.5) is 0 Å². The summed E-state index contributed by atoms with van der Waals surface area (Å²) >= 11 is 0. The zero-order chi connectivity index (χ0) is 15.4. The lowest BCUT2D eigenvalue weighted by molar-refractivity contribution is -0.116. The van der Waals surface area contributed by atoms with Crippen LogP contribution >= 0.6 is 0 Å². The lowest BCUT2D eigenvalue weighted by atomic mass is 10.0. The number of carbonyl (C=O) groups excluding carboxylic acids is 1. The topological polar surface area (TPSA) is 26.3 Å². The molecule has 0 aliphatic heterocycles. The lowest BCUT2D eigenvalue weighted by Crippen LogP contribution is -2.02. The Morgan fingerprint density at radius 1 is 1.00 bits per heavy atom. The van der Waals surface area contributed by atoms with Gasteiger partial charge in [0.15, 0.2) is 0 Å². The van der Waals surface area contributed by atoms with E-state index in [1.807, 2.05) is 24.3 Å². The van der Waals surface area contributed by atoms with Gasteiger partial charge in [-0.1, -0.05) is 29.8 Å². The molecule has 0 bridgehead atoms. The highest BCUT2D eigenvalue weighted by atomic mass is 16.5. The summed E-state index contributed by atoms with van der Waals surface area (Å²) in [6.45, 7) is 8.53. The van der Waals surface area contributed by atoms with Crippen molar-refractivity contribution in [1.29, 1.82) is 0 Å². The summed E-state index contributed by atoms with van der Waals surface area (Å²) < 4.78 is 5.87. The van der Waals surface area contributed by atoms with Crippen LogP contribution < -0.4 is 4.74 Å². The third-order valence-electron chi connectivity index (χ3n) is 3.60. The molecule has 110 valence electrons. The second-order valence-corrected chi connectivity index (χ2v) is 5.69. The maximum Gasteiger partial charge on any atom is 0.134 e. The van der Waals surface area contributed by atoms with Crippen molar-refractivity contribution in [3.05, 3.63) is 64.2 Å². The summed E-state index contributed by atoms with van der Waals surface area (Å²) in [6.07, 6.45) is 0.483. The van der Waals surface area contributed by atoms with Crippen molar-refractivity contribution < 1.29 is 9.53 Å². The van der Waals surface area contributed by atoms with Gasteiger partial charge in [0, 0.05) is 6.42 Å². The molecule has 0 N–H and O–H groups in total. The third-order valence-corrected chi connectivity index (χ3v) is 3.60. The largest absolute Gasteiger partial charge is 0.489 e. The van der Waals surface area contributed by atoms with Crippen LogP contribution in [-0.4, -0.2) is 5.78 Å². The number of ether oxygens (including phenoxy) is 1. The van der Waals surface area contributed by atoms with Gasteiger partial charge in [-0.2, -0.15) is 0 Å². The summed E-state index contributed by atoms with van der Waals surface area (Å²) in [5.74, 6) is 1.01. The molecule has 0 amide bonds. The first-order valence-electron chi connectivity index (χ1n) is 7.23. The second kappa shape index (κ2) is 6.57. The predicted molar refractivity (Wildman–Crippen MR) is 85.8 cm³/mol. The molecule has 0 heterocycles. The molecular weight excluding hydrogens is 260 g/mol. The molecule has 2 rings (SSSR count). The zero-order valence-corrected chi connectivity index (χ0v) is 13.2. The molecule has 0 spiro atoms. The van der Waals surface area contributed by atoms with E-state index in [0.717, 1.165) is 11.3 Å². The Kier molecular flexibility index (Phi) is 4.79. The molecule has 2 aromatic rings. The standard InChI is InChI=1S/C19H22O2/c1-13-9-14(2)19(15(3)10-13)12-21-18-7-5-17(6-8-18)11-16(4)20/h5-10H,11-12H2,1-4H3. The highest BCUT2D eigenvalue weighted by molar-refractivity contribution is 5.78. The van der Waals surface area contributed by atoms with E-state index >= 15 is 0 Å². The number of rotatable bonds is 5. The van der Waals surface area contributed by atoms with E-state index < -0.39 is 0 Å². The van der Waals surface area contributed by atoms with E-state index in [0.29, 0.717) is 13.0 Å². The van der Waals surface area contributed by atoms with Crippen molar-refractivity contribution in [3.8, 4) is 5.75 Å². The maximum atomic E-state index is 11.1. The molecule has 0 aliphatic carbocycles. The number of carbonyl (C=O) groups is 1. The Labute approximate surface area is 126 Å². The minimum absolute atomic E-state index is 0.176. The normalized spacial score (nSPS) is 10.5. The van der Waals surface area contributed by atoms with Gasteiger partial charge in [0.25, 0.3) is 0 Å². The van der Waals surface area contributed by atoms with Gasteiger partial charge in [-0.15, -0.1) is 0 Å². The van der Waals surface area contributed by atoms with Gasteiger partial charge in [0.05, 0.1) is 0 Å². The summed E-state index contributed by atoms with van der Waals surface area (Å²) in [7, 11) is 0. The Hall–Kier alpha value is -2.09. The fraction of sp³-hybridized carbons (Fsp3) is 0.316. The lowest BCUT2D eigenvalue weighted by Gasteiger charge is -2.13. The van der Waals surface area contributed by atoms with Crippen LogP contribution in [0.5, 0.6) is 5.75 Å². The van der Waals surface area contributed by atoms with E-state index in [-0.39, 0.29) is 5.78 Å². The van der Waals surface area contributed by atoms with Gasteiger partial charge in [0.1, 0.15) is 18.1 Å². The first-order valence-corrected chi connectivity index (χ1v) is 7.23. The minimum atomic E-state index is 0.176. The number of hydrogen-bond acceptors (Lipinski definition) is 2. The molecule has 0 atom stereocenters. The smallest absolute Gasteiger partial charge is 0.134 e. The van der Waals surface area contributed by atoms with Crippen LogP contribution in [0.1, 0.15) is 34.7 Å². The third kappa shape index (κ3) is 4.19. The van der Waals surface area contributed by atoms with Crippen molar-refractivity contribution in [3.63, 3.8) is 0 Å². The number of hydrogen-bond donors (Lipinski definition) is 0. The SMILES string of the molecule is CC(=O)Cc1ccc(OCc2c(C)cc(C)cc2C)cc1. The van der Waals surface area contributed by atoms with Crippen molar-refractivity contribution in [1.82, 2.24) is 0 Å². The Bertz CT molecular complexity index is 616. The van der Waals surface area contributed by atoms with Gasteiger partial charge in [-0.25, -0.2) is 0 Å². The van der Waals surface area contributed by atoms with E-state index in [9.17, 15) is 4.79 Å². The molecule has 2 aromatic carbocycles. The second-order valence-electron chi connectivity index (χ2n) is 5.69. The first kappa shape index (κ1) is 15.3. The monoisotopic (exact) mass is 282 g/mol. The summed E-state index contributed by atoms with van der Waals surface area (Å²) in [6, 6.07) is 12.1. The summed E-state index contributed by atoms with van der Waals surface area (Å²) in [5.41, 5.74) is 6.08. The quantitative estimate of drug-likeness (QED) is 0.816. The average molecular weight is 282 g/mol.